The molecule has 8 nitrogen and oxygen atoms in total. The van der Waals surface area contributed by atoms with Gasteiger partial charge in [-0.15, -0.1) is 0 Å². The van der Waals surface area contributed by atoms with Crippen molar-refractivity contribution in [2.24, 2.45) is 11.7 Å². The first-order valence-corrected chi connectivity index (χ1v) is 10.3. The Bertz CT molecular complexity index is 649. The molecule has 2 atom stereocenters. The predicted molar refractivity (Wildman–Crippen MR) is 108 cm³/mol. The lowest BCUT2D eigenvalue weighted by molar-refractivity contribution is 0.0585. The SMILES string of the molecule is CO[C@@H]1CCC[C@@H](Nc2nc(NC[C@H]3CC[C@H](OC)CC3)ncc2C(N)=O)C1. The molecule has 1 aromatic rings. The molecule has 2 aliphatic rings. The number of hydrogen-bond donors (Lipinski definition) is 3. The number of nitrogens with zero attached hydrogens (tertiary/aromatic N) is 2. The Labute approximate surface area is 167 Å². The molecule has 0 bridgehead atoms. The number of methoxy groups -OCH3 is 2. The number of amides is 1. The molecule has 0 aliphatic heterocycles. The molecular weight excluding hydrogens is 358 g/mol. The summed E-state index contributed by atoms with van der Waals surface area (Å²) >= 11 is 0. The van der Waals surface area contributed by atoms with Gasteiger partial charge in [-0.1, -0.05) is 0 Å². The second-order valence-electron chi connectivity index (χ2n) is 7.95. The van der Waals surface area contributed by atoms with Crippen LogP contribution in [0, 0.1) is 5.92 Å². The van der Waals surface area contributed by atoms with Crippen molar-refractivity contribution in [3.05, 3.63) is 11.8 Å². The summed E-state index contributed by atoms with van der Waals surface area (Å²) in [6.07, 6.45) is 10.7. The molecule has 1 heterocycles. The molecule has 0 saturated heterocycles. The van der Waals surface area contributed by atoms with E-state index >= 15 is 0 Å². The van der Waals surface area contributed by atoms with Crippen LogP contribution < -0.4 is 16.4 Å². The van der Waals surface area contributed by atoms with Gasteiger partial charge in [0, 0.05) is 33.0 Å². The van der Waals surface area contributed by atoms with Crippen LogP contribution in [0.1, 0.15) is 61.7 Å². The zero-order valence-electron chi connectivity index (χ0n) is 16.9. The number of nitrogens with one attached hydrogen (secondary N) is 2. The van der Waals surface area contributed by atoms with Crippen molar-refractivity contribution >= 4 is 17.7 Å². The fraction of sp³-hybridized carbons (Fsp3) is 0.750. The Morgan fingerprint density at radius 3 is 2.57 bits per heavy atom. The van der Waals surface area contributed by atoms with Crippen molar-refractivity contribution < 1.29 is 14.3 Å². The molecule has 2 fully saturated rings. The number of anilines is 2. The maximum absolute atomic E-state index is 11.8. The molecule has 28 heavy (non-hydrogen) atoms. The molecular formula is C20H33N5O3. The summed E-state index contributed by atoms with van der Waals surface area (Å²) in [7, 11) is 3.53. The minimum Gasteiger partial charge on any atom is -0.381 e. The van der Waals surface area contributed by atoms with E-state index in [4.69, 9.17) is 15.2 Å². The average molecular weight is 392 g/mol. The third-order valence-corrected chi connectivity index (χ3v) is 6.03. The highest BCUT2D eigenvalue weighted by Crippen LogP contribution is 2.27. The maximum atomic E-state index is 11.8. The first kappa shape index (κ1) is 20.8. The largest absolute Gasteiger partial charge is 0.381 e. The fourth-order valence-corrected chi connectivity index (χ4v) is 4.25. The molecule has 1 aromatic heterocycles. The summed E-state index contributed by atoms with van der Waals surface area (Å²) in [5.74, 6) is 1.10. The van der Waals surface area contributed by atoms with Crippen LogP contribution in [-0.2, 0) is 9.47 Å². The van der Waals surface area contributed by atoms with E-state index in [1.807, 2.05) is 0 Å². The Morgan fingerprint density at radius 2 is 1.89 bits per heavy atom. The minimum absolute atomic E-state index is 0.212. The third-order valence-electron chi connectivity index (χ3n) is 6.03. The van der Waals surface area contributed by atoms with Gasteiger partial charge < -0.3 is 25.8 Å². The number of carbonyl (C=O) groups is 1. The molecule has 0 spiro atoms. The van der Waals surface area contributed by atoms with Crippen LogP contribution in [0.2, 0.25) is 0 Å². The second-order valence-corrected chi connectivity index (χ2v) is 7.95. The Kier molecular flexibility index (Phi) is 7.44. The first-order valence-electron chi connectivity index (χ1n) is 10.3. The Hall–Kier alpha value is -1.93. The summed E-state index contributed by atoms with van der Waals surface area (Å²) in [6.45, 7) is 0.820. The maximum Gasteiger partial charge on any atom is 0.254 e. The van der Waals surface area contributed by atoms with Crippen LogP contribution in [0.5, 0.6) is 0 Å². The smallest absolute Gasteiger partial charge is 0.254 e. The summed E-state index contributed by atoms with van der Waals surface area (Å²) in [5, 5.41) is 6.73. The average Bonchev–Trinajstić information content (AvgIpc) is 2.72. The number of carbonyl (C=O) groups excluding carboxylic acids is 1. The molecule has 156 valence electrons. The molecule has 3 rings (SSSR count). The molecule has 4 N–H and O–H groups in total. The molecule has 2 aliphatic carbocycles. The van der Waals surface area contributed by atoms with Crippen LogP contribution in [-0.4, -0.2) is 54.9 Å². The molecule has 1 amide bonds. The summed E-state index contributed by atoms with van der Waals surface area (Å²) in [5.41, 5.74) is 5.85. The fourth-order valence-electron chi connectivity index (χ4n) is 4.25. The van der Waals surface area contributed by atoms with E-state index < -0.39 is 5.91 Å². The first-order chi connectivity index (χ1) is 13.6. The van der Waals surface area contributed by atoms with Crippen LogP contribution >= 0.6 is 0 Å². The lowest BCUT2D eigenvalue weighted by atomic mass is 9.87. The van der Waals surface area contributed by atoms with Crippen LogP contribution in [0.25, 0.3) is 0 Å². The van der Waals surface area contributed by atoms with Gasteiger partial charge in [0.1, 0.15) is 5.82 Å². The lowest BCUT2D eigenvalue weighted by Crippen LogP contribution is -2.32. The normalized spacial score (nSPS) is 27.9. The number of rotatable bonds is 8. The van der Waals surface area contributed by atoms with Crippen LogP contribution in [0.4, 0.5) is 11.8 Å². The van der Waals surface area contributed by atoms with Gasteiger partial charge in [-0.25, -0.2) is 4.98 Å². The molecule has 0 unspecified atom stereocenters. The van der Waals surface area contributed by atoms with Gasteiger partial charge >= 0.3 is 0 Å². The zero-order valence-corrected chi connectivity index (χ0v) is 16.9. The zero-order chi connectivity index (χ0) is 19.9. The van der Waals surface area contributed by atoms with E-state index in [1.165, 1.54) is 6.20 Å². The van der Waals surface area contributed by atoms with Crippen molar-refractivity contribution in [2.45, 2.75) is 69.6 Å². The Balaban J connectivity index is 1.61. The summed E-state index contributed by atoms with van der Waals surface area (Å²) in [4.78, 5) is 20.6. The molecule has 0 aromatic carbocycles. The van der Waals surface area contributed by atoms with Crippen molar-refractivity contribution in [1.82, 2.24) is 9.97 Å². The molecule has 8 heteroatoms. The Morgan fingerprint density at radius 1 is 1.14 bits per heavy atom. The number of ether oxygens (including phenoxy) is 2. The third kappa shape index (κ3) is 5.54. The van der Waals surface area contributed by atoms with Crippen LogP contribution in [0.3, 0.4) is 0 Å². The van der Waals surface area contributed by atoms with Crippen molar-refractivity contribution in [3.63, 3.8) is 0 Å². The van der Waals surface area contributed by atoms with Gasteiger partial charge in [-0.2, -0.15) is 4.98 Å². The highest BCUT2D eigenvalue weighted by Gasteiger charge is 2.24. The van der Waals surface area contributed by atoms with Crippen LogP contribution in [0.15, 0.2) is 6.20 Å². The van der Waals surface area contributed by atoms with E-state index in [1.54, 1.807) is 14.2 Å². The highest BCUT2D eigenvalue weighted by atomic mass is 16.5. The summed E-state index contributed by atoms with van der Waals surface area (Å²) < 4.78 is 10.9. The van der Waals surface area contributed by atoms with Gasteiger partial charge in [-0.3, -0.25) is 4.79 Å². The van der Waals surface area contributed by atoms with Gasteiger partial charge in [0.2, 0.25) is 5.95 Å². The van der Waals surface area contributed by atoms with E-state index in [0.29, 0.717) is 29.4 Å². The van der Waals surface area contributed by atoms with Crippen molar-refractivity contribution in [3.8, 4) is 0 Å². The standard InChI is InChI=1S/C20H33N5O3/c1-27-15-8-6-13(7-9-15)11-22-20-23-12-17(18(21)26)19(25-20)24-14-4-3-5-16(10-14)28-2/h12-16H,3-11H2,1-2H3,(H2,21,26)(H2,22,23,24,25)/t13-,14-,15-,16-/m1/s1. The van der Waals surface area contributed by atoms with E-state index in [-0.39, 0.29) is 12.1 Å². The number of nitrogens with two attached hydrogens (primary N) is 1. The van der Waals surface area contributed by atoms with Gasteiger partial charge in [-0.05, 0) is 57.3 Å². The quantitative estimate of drug-likeness (QED) is 0.624. The van der Waals surface area contributed by atoms with E-state index in [9.17, 15) is 4.79 Å². The van der Waals surface area contributed by atoms with E-state index in [0.717, 1.165) is 57.9 Å². The highest BCUT2D eigenvalue weighted by molar-refractivity contribution is 5.97. The minimum atomic E-state index is -0.522. The van der Waals surface area contributed by atoms with Crippen molar-refractivity contribution in [2.75, 3.05) is 31.4 Å². The van der Waals surface area contributed by atoms with E-state index in [2.05, 4.69) is 20.6 Å². The number of primary amides is 1. The van der Waals surface area contributed by atoms with Gasteiger partial charge in [0.25, 0.3) is 5.91 Å². The monoisotopic (exact) mass is 391 g/mol. The second kappa shape index (κ2) is 10.0. The number of aromatic nitrogens is 2. The number of hydrogen-bond acceptors (Lipinski definition) is 7. The lowest BCUT2D eigenvalue weighted by Gasteiger charge is -2.29. The molecule has 0 radical (unpaired) electrons. The molecule has 2 saturated carbocycles. The predicted octanol–water partition coefficient (Wildman–Crippen LogP) is 2.56. The van der Waals surface area contributed by atoms with Gasteiger partial charge in [0.15, 0.2) is 0 Å². The van der Waals surface area contributed by atoms with Gasteiger partial charge in [0.05, 0.1) is 17.8 Å². The topological polar surface area (TPSA) is 111 Å². The van der Waals surface area contributed by atoms with Crippen molar-refractivity contribution in [1.29, 1.82) is 0 Å². The summed E-state index contributed by atoms with van der Waals surface area (Å²) in [6, 6.07) is 0.212.